The number of hydrogen-bond acceptors (Lipinski definition) is 4. The van der Waals surface area contributed by atoms with E-state index in [1.807, 2.05) is 0 Å². The van der Waals surface area contributed by atoms with E-state index in [-0.39, 0.29) is 17.4 Å². The summed E-state index contributed by atoms with van der Waals surface area (Å²) in [5, 5.41) is -0.195. The van der Waals surface area contributed by atoms with Crippen molar-refractivity contribution < 1.29 is 13.2 Å². The molecule has 5 unspecified atom stereocenters. The molecular weight excluding hydrogens is 250 g/mol. The second-order valence-electron chi connectivity index (χ2n) is 6.06. The Kier molecular flexibility index (Phi) is 4.34. The average molecular weight is 275 g/mol. The molecule has 1 saturated carbocycles. The second-order valence-corrected chi connectivity index (χ2v) is 8.38. The highest BCUT2D eigenvalue weighted by Crippen LogP contribution is 2.34. The van der Waals surface area contributed by atoms with Crippen molar-refractivity contribution >= 4 is 9.84 Å². The summed E-state index contributed by atoms with van der Waals surface area (Å²) in [5.74, 6) is 0.794. The topological polar surface area (TPSA) is 69.4 Å². The lowest BCUT2D eigenvalue weighted by Crippen LogP contribution is -2.46. The summed E-state index contributed by atoms with van der Waals surface area (Å²) >= 11 is 0. The van der Waals surface area contributed by atoms with Gasteiger partial charge in [0.15, 0.2) is 0 Å². The van der Waals surface area contributed by atoms with Gasteiger partial charge < -0.3 is 10.5 Å². The molecule has 0 spiro atoms. The van der Waals surface area contributed by atoms with Gasteiger partial charge in [0.1, 0.15) is 9.84 Å². The third kappa shape index (κ3) is 3.06. The van der Waals surface area contributed by atoms with Crippen molar-refractivity contribution in [1.29, 1.82) is 0 Å². The summed E-state index contributed by atoms with van der Waals surface area (Å²) in [5.41, 5.74) is 6.33. The summed E-state index contributed by atoms with van der Waals surface area (Å²) in [6.07, 6.45) is 6.06. The first-order valence-corrected chi connectivity index (χ1v) is 8.91. The van der Waals surface area contributed by atoms with E-state index in [2.05, 4.69) is 6.92 Å². The lowest BCUT2D eigenvalue weighted by molar-refractivity contribution is 0.0479. The lowest BCUT2D eigenvalue weighted by atomic mass is 9.79. The molecule has 2 rings (SSSR count). The number of ether oxygens (including phenoxy) is 1. The summed E-state index contributed by atoms with van der Waals surface area (Å²) in [7, 11) is -2.93. The number of sulfone groups is 1. The molecule has 0 aromatic carbocycles. The molecule has 2 N–H and O–H groups in total. The van der Waals surface area contributed by atoms with Gasteiger partial charge in [-0.15, -0.1) is 0 Å². The highest BCUT2D eigenvalue weighted by Gasteiger charge is 2.38. The Morgan fingerprint density at radius 1 is 1.28 bits per heavy atom. The second kappa shape index (κ2) is 5.47. The molecule has 4 nitrogen and oxygen atoms in total. The van der Waals surface area contributed by atoms with Gasteiger partial charge >= 0.3 is 0 Å². The zero-order chi connectivity index (χ0) is 13.3. The Hall–Kier alpha value is -0.130. The van der Waals surface area contributed by atoms with Crippen molar-refractivity contribution in [3.8, 4) is 0 Å². The van der Waals surface area contributed by atoms with E-state index in [9.17, 15) is 8.42 Å². The van der Waals surface area contributed by atoms with Crippen molar-refractivity contribution in [2.75, 3.05) is 12.9 Å². The Morgan fingerprint density at radius 3 is 2.56 bits per heavy atom. The number of hydrogen-bond donors (Lipinski definition) is 1. The van der Waals surface area contributed by atoms with Crippen molar-refractivity contribution in [2.24, 2.45) is 17.6 Å². The predicted molar refractivity (Wildman–Crippen MR) is 72.1 cm³/mol. The van der Waals surface area contributed by atoms with Crippen molar-refractivity contribution in [1.82, 2.24) is 0 Å². The fraction of sp³-hybridized carbons (Fsp3) is 1.00. The molecule has 1 saturated heterocycles. The SMILES string of the molecule is CC1CCOC1C(N)C1CCCC(S(C)(=O)=O)C1. The van der Waals surface area contributed by atoms with Gasteiger partial charge in [0, 0.05) is 18.9 Å². The maximum Gasteiger partial charge on any atom is 0.150 e. The van der Waals surface area contributed by atoms with Gasteiger partial charge in [-0.25, -0.2) is 8.42 Å². The maximum atomic E-state index is 11.7. The molecular formula is C13H25NO3S. The minimum absolute atomic E-state index is 0.00736. The van der Waals surface area contributed by atoms with Gasteiger partial charge in [-0.05, 0) is 37.5 Å². The van der Waals surface area contributed by atoms with E-state index in [1.165, 1.54) is 6.26 Å². The van der Waals surface area contributed by atoms with Crippen LogP contribution >= 0.6 is 0 Å². The van der Waals surface area contributed by atoms with Crippen LogP contribution < -0.4 is 5.73 Å². The Labute approximate surface area is 110 Å². The standard InChI is InChI=1S/C13H25NO3S/c1-9-6-7-17-13(9)12(14)10-4-3-5-11(8-10)18(2,15)16/h9-13H,3-8,14H2,1-2H3. The van der Waals surface area contributed by atoms with Crippen LogP contribution in [0.4, 0.5) is 0 Å². The molecule has 0 amide bonds. The van der Waals surface area contributed by atoms with Gasteiger partial charge in [0.05, 0.1) is 11.4 Å². The van der Waals surface area contributed by atoms with Gasteiger partial charge in [-0.1, -0.05) is 13.3 Å². The predicted octanol–water partition coefficient (Wildman–Crippen LogP) is 1.34. The van der Waals surface area contributed by atoms with E-state index < -0.39 is 9.84 Å². The highest BCUT2D eigenvalue weighted by molar-refractivity contribution is 7.91. The summed E-state index contributed by atoms with van der Waals surface area (Å²) in [6, 6.07) is -0.00736. The van der Waals surface area contributed by atoms with Crippen LogP contribution in [0.15, 0.2) is 0 Å². The molecule has 0 radical (unpaired) electrons. The first-order chi connectivity index (χ1) is 8.39. The molecule has 2 fully saturated rings. The zero-order valence-corrected chi connectivity index (χ0v) is 12.2. The molecule has 1 heterocycles. The first kappa shape index (κ1) is 14.3. The summed E-state index contributed by atoms with van der Waals surface area (Å²) in [6.45, 7) is 2.97. The van der Waals surface area contributed by atoms with Gasteiger partial charge in [0.25, 0.3) is 0 Å². The molecule has 0 aromatic rings. The van der Waals surface area contributed by atoms with E-state index in [4.69, 9.17) is 10.5 Å². The number of nitrogens with two attached hydrogens (primary N) is 1. The summed E-state index contributed by atoms with van der Waals surface area (Å²) in [4.78, 5) is 0. The minimum atomic E-state index is -2.93. The van der Waals surface area contributed by atoms with Crippen LogP contribution in [-0.4, -0.2) is 38.7 Å². The van der Waals surface area contributed by atoms with E-state index in [1.54, 1.807) is 0 Å². The Morgan fingerprint density at radius 2 is 2.00 bits per heavy atom. The summed E-state index contributed by atoms with van der Waals surface area (Å²) < 4.78 is 29.1. The molecule has 106 valence electrons. The smallest absolute Gasteiger partial charge is 0.150 e. The van der Waals surface area contributed by atoms with E-state index in [0.29, 0.717) is 18.3 Å². The van der Waals surface area contributed by atoms with Crippen LogP contribution in [0.5, 0.6) is 0 Å². The lowest BCUT2D eigenvalue weighted by Gasteiger charge is -2.35. The fourth-order valence-corrected chi connectivity index (χ4v) is 4.59. The first-order valence-electron chi connectivity index (χ1n) is 6.95. The van der Waals surface area contributed by atoms with Gasteiger partial charge in [0.2, 0.25) is 0 Å². The Bertz CT molecular complexity index is 382. The molecule has 1 aliphatic heterocycles. The third-order valence-electron chi connectivity index (χ3n) is 4.64. The van der Waals surface area contributed by atoms with E-state index in [0.717, 1.165) is 32.3 Å². The maximum absolute atomic E-state index is 11.7. The molecule has 2 aliphatic rings. The normalized spacial score (nSPS) is 39.7. The Balaban J connectivity index is 2.00. The van der Waals surface area contributed by atoms with Crippen LogP contribution in [0.3, 0.4) is 0 Å². The number of rotatable bonds is 3. The minimum Gasteiger partial charge on any atom is -0.376 e. The van der Waals surface area contributed by atoms with Crippen LogP contribution in [0.1, 0.15) is 39.0 Å². The zero-order valence-electron chi connectivity index (χ0n) is 11.3. The van der Waals surface area contributed by atoms with Crippen molar-refractivity contribution in [3.63, 3.8) is 0 Å². The fourth-order valence-electron chi connectivity index (χ4n) is 3.40. The highest BCUT2D eigenvalue weighted by atomic mass is 32.2. The molecule has 5 heteroatoms. The van der Waals surface area contributed by atoms with Crippen molar-refractivity contribution in [3.05, 3.63) is 0 Å². The molecule has 0 bridgehead atoms. The molecule has 5 atom stereocenters. The monoisotopic (exact) mass is 275 g/mol. The molecule has 1 aliphatic carbocycles. The van der Waals surface area contributed by atoms with Gasteiger partial charge in [-0.2, -0.15) is 0 Å². The third-order valence-corrected chi connectivity index (χ3v) is 6.28. The van der Waals surface area contributed by atoms with Crippen LogP contribution in [0.25, 0.3) is 0 Å². The van der Waals surface area contributed by atoms with Crippen LogP contribution in [-0.2, 0) is 14.6 Å². The van der Waals surface area contributed by atoms with E-state index >= 15 is 0 Å². The van der Waals surface area contributed by atoms with Crippen LogP contribution in [0, 0.1) is 11.8 Å². The molecule has 18 heavy (non-hydrogen) atoms. The molecule has 0 aromatic heterocycles. The van der Waals surface area contributed by atoms with Crippen molar-refractivity contribution in [2.45, 2.75) is 56.4 Å². The average Bonchev–Trinajstić information content (AvgIpc) is 2.73. The van der Waals surface area contributed by atoms with Gasteiger partial charge in [-0.3, -0.25) is 0 Å². The van der Waals surface area contributed by atoms with Crippen LogP contribution in [0.2, 0.25) is 0 Å². The quantitative estimate of drug-likeness (QED) is 0.844. The largest absolute Gasteiger partial charge is 0.376 e.